The molecular weight excluding hydrogens is 437 g/mol. The van der Waals surface area contributed by atoms with Crippen molar-refractivity contribution < 1.29 is 9.90 Å². The van der Waals surface area contributed by atoms with Crippen molar-refractivity contribution in [3.63, 3.8) is 0 Å². The molecule has 0 unspecified atom stereocenters. The third kappa shape index (κ3) is 5.64. The van der Waals surface area contributed by atoms with Crippen LogP contribution in [-0.4, -0.2) is 28.9 Å². The van der Waals surface area contributed by atoms with Crippen LogP contribution in [0.4, 0.5) is 5.69 Å². The minimum Gasteiger partial charge on any atom is -0.393 e. The van der Waals surface area contributed by atoms with E-state index >= 15 is 0 Å². The SMILES string of the molecule is CC(=O)c1ccc(CCC[C@@H]2[C@@H](CNc3cc(Cl)cc(Cl)c3)[C@H](O)C[C@H]2Cl)s1. The molecule has 4 atom stereocenters. The van der Waals surface area contributed by atoms with E-state index in [9.17, 15) is 9.90 Å². The summed E-state index contributed by atoms with van der Waals surface area (Å²) in [5, 5.41) is 15.0. The van der Waals surface area contributed by atoms with Crippen LogP contribution < -0.4 is 5.32 Å². The fraction of sp³-hybridized carbons (Fsp3) is 0.476. The Labute approximate surface area is 185 Å². The van der Waals surface area contributed by atoms with Gasteiger partial charge in [-0.1, -0.05) is 23.2 Å². The number of aliphatic hydroxyl groups is 1. The quantitative estimate of drug-likeness (QED) is 0.359. The highest BCUT2D eigenvalue weighted by molar-refractivity contribution is 7.14. The first kappa shape index (κ1) is 21.9. The highest BCUT2D eigenvalue weighted by Gasteiger charge is 2.40. The molecule has 1 aromatic carbocycles. The summed E-state index contributed by atoms with van der Waals surface area (Å²) in [4.78, 5) is 13.5. The third-order valence-electron chi connectivity index (χ3n) is 5.35. The lowest BCUT2D eigenvalue weighted by molar-refractivity contribution is 0.102. The number of aryl methyl sites for hydroxylation is 1. The second-order valence-electron chi connectivity index (χ2n) is 7.40. The van der Waals surface area contributed by atoms with Gasteiger partial charge < -0.3 is 10.4 Å². The van der Waals surface area contributed by atoms with Gasteiger partial charge in [0.2, 0.25) is 0 Å². The molecule has 0 radical (unpaired) electrons. The molecule has 7 heteroatoms. The van der Waals surface area contributed by atoms with Gasteiger partial charge in [-0.3, -0.25) is 4.79 Å². The van der Waals surface area contributed by atoms with Gasteiger partial charge >= 0.3 is 0 Å². The van der Waals surface area contributed by atoms with Crippen LogP contribution in [0.2, 0.25) is 10.0 Å². The van der Waals surface area contributed by atoms with Crippen LogP contribution in [0.5, 0.6) is 0 Å². The molecule has 1 aliphatic carbocycles. The molecule has 3 nitrogen and oxygen atoms in total. The van der Waals surface area contributed by atoms with Crippen LogP contribution in [0, 0.1) is 11.8 Å². The predicted octanol–water partition coefficient (Wildman–Crippen LogP) is 6.30. The van der Waals surface area contributed by atoms with E-state index in [1.165, 1.54) is 4.88 Å². The van der Waals surface area contributed by atoms with Gasteiger partial charge in [0, 0.05) is 38.4 Å². The fourth-order valence-electron chi connectivity index (χ4n) is 3.92. The van der Waals surface area contributed by atoms with Crippen LogP contribution in [-0.2, 0) is 6.42 Å². The Morgan fingerprint density at radius 1 is 1.21 bits per heavy atom. The van der Waals surface area contributed by atoms with Crippen LogP contribution in [0.15, 0.2) is 30.3 Å². The molecular formula is C21H24Cl3NO2S. The van der Waals surface area contributed by atoms with E-state index in [4.69, 9.17) is 34.8 Å². The summed E-state index contributed by atoms with van der Waals surface area (Å²) in [6, 6.07) is 9.27. The second-order valence-corrected chi connectivity index (χ2v) is 10.0. The third-order valence-corrected chi connectivity index (χ3v) is 7.53. The van der Waals surface area contributed by atoms with E-state index in [-0.39, 0.29) is 23.0 Å². The average molecular weight is 461 g/mol. The zero-order valence-corrected chi connectivity index (χ0v) is 18.7. The topological polar surface area (TPSA) is 49.3 Å². The molecule has 2 aromatic rings. The van der Waals surface area contributed by atoms with E-state index < -0.39 is 6.10 Å². The number of anilines is 1. The largest absolute Gasteiger partial charge is 0.393 e. The maximum absolute atomic E-state index is 11.4. The summed E-state index contributed by atoms with van der Waals surface area (Å²) in [7, 11) is 0. The van der Waals surface area contributed by atoms with E-state index in [2.05, 4.69) is 5.32 Å². The maximum atomic E-state index is 11.4. The Morgan fingerprint density at radius 2 is 1.93 bits per heavy atom. The minimum absolute atomic E-state index is 0.0270. The molecule has 0 amide bonds. The Hall–Kier alpha value is -0.780. The average Bonchev–Trinajstić information content (AvgIpc) is 3.18. The van der Waals surface area contributed by atoms with Gasteiger partial charge in [0.05, 0.1) is 11.0 Å². The Kier molecular flexibility index (Phi) is 7.68. The number of ketones is 1. The van der Waals surface area contributed by atoms with Crippen LogP contribution in [0.1, 0.15) is 40.7 Å². The number of carbonyl (C=O) groups is 1. The van der Waals surface area contributed by atoms with E-state index in [1.54, 1.807) is 24.3 Å². The molecule has 1 aromatic heterocycles. The molecule has 1 aliphatic rings. The van der Waals surface area contributed by atoms with Crippen molar-refractivity contribution in [2.45, 2.75) is 44.1 Å². The summed E-state index contributed by atoms with van der Waals surface area (Å²) in [5.74, 6) is 0.436. The highest BCUT2D eigenvalue weighted by Crippen LogP contribution is 2.39. The Morgan fingerprint density at radius 3 is 2.57 bits per heavy atom. The first-order valence-electron chi connectivity index (χ1n) is 9.45. The molecule has 3 rings (SSSR count). The standard InChI is InChI=1S/C21H24Cl3NO2S/c1-12(26)21-6-5-16(28-21)3-2-4-17-18(20(27)10-19(17)24)11-25-15-8-13(22)7-14(23)9-15/h5-9,17-20,25,27H,2-4,10-11H2,1H3/t17-,18-,19-,20-/m1/s1. The number of benzene rings is 1. The van der Waals surface area contributed by atoms with E-state index in [0.29, 0.717) is 23.0 Å². The lowest BCUT2D eigenvalue weighted by Gasteiger charge is -2.24. The molecule has 2 N–H and O–H groups in total. The van der Waals surface area contributed by atoms with Gasteiger partial charge in [-0.15, -0.1) is 22.9 Å². The first-order valence-corrected chi connectivity index (χ1v) is 11.5. The number of Topliss-reactive ketones (excluding diaryl/α,β-unsaturated/α-hetero) is 1. The molecule has 0 aliphatic heterocycles. The van der Waals surface area contributed by atoms with Crippen molar-refractivity contribution >= 4 is 57.6 Å². The van der Waals surface area contributed by atoms with Crippen molar-refractivity contribution in [1.29, 1.82) is 0 Å². The van der Waals surface area contributed by atoms with Crippen LogP contribution >= 0.6 is 46.1 Å². The molecule has 28 heavy (non-hydrogen) atoms. The number of alkyl halides is 1. The summed E-state index contributed by atoms with van der Waals surface area (Å²) in [6.07, 6.45) is 3.06. The van der Waals surface area contributed by atoms with Crippen LogP contribution in [0.3, 0.4) is 0 Å². The van der Waals surface area contributed by atoms with Crippen molar-refractivity contribution in [1.82, 2.24) is 0 Å². The van der Waals surface area contributed by atoms with Crippen molar-refractivity contribution in [3.05, 3.63) is 50.1 Å². The lowest BCUT2D eigenvalue weighted by atomic mass is 9.89. The monoisotopic (exact) mass is 459 g/mol. The molecule has 0 spiro atoms. The van der Waals surface area contributed by atoms with Gasteiger partial charge in [-0.2, -0.15) is 0 Å². The second kappa shape index (κ2) is 9.82. The number of hydrogen-bond donors (Lipinski definition) is 2. The lowest BCUT2D eigenvalue weighted by Crippen LogP contribution is -2.28. The van der Waals surface area contributed by atoms with Gasteiger partial charge in [0.15, 0.2) is 5.78 Å². The number of halogens is 3. The van der Waals surface area contributed by atoms with Crippen molar-refractivity contribution in [2.24, 2.45) is 11.8 Å². The first-order chi connectivity index (χ1) is 13.3. The molecule has 0 bridgehead atoms. The zero-order chi connectivity index (χ0) is 20.3. The Balaban J connectivity index is 1.56. The summed E-state index contributed by atoms with van der Waals surface area (Å²) < 4.78 is 0. The van der Waals surface area contributed by atoms with Gasteiger partial charge in [0.25, 0.3) is 0 Å². The molecule has 152 valence electrons. The molecule has 1 saturated carbocycles. The molecule has 1 fully saturated rings. The number of hydrogen-bond acceptors (Lipinski definition) is 4. The minimum atomic E-state index is -0.416. The van der Waals surface area contributed by atoms with Crippen LogP contribution in [0.25, 0.3) is 0 Å². The maximum Gasteiger partial charge on any atom is 0.169 e. The van der Waals surface area contributed by atoms with Gasteiger partial charge in [-0.05, 0) is 68.9 Å². The summed E-state index contributed by atoms with van der Waals surface area (Å²) in [5.41, 5.74) is 0.844. The molecule has 1 heterocycles. The van der Waals surface area contributed by atoms with Gasteiger partial charge in [-0.25, -0.2) is 0 Å². The predicted molar refractivity (Wildman–Crippen MR) is 119 cm³/mol. The number of nitrogens with one attached hydrogen (secondary N) is 1. The smallest absolute Gasteiger partial charge is 0.169 e. The van der Waals surface area contributed by atoms with E-state index in [0.717, 1.165) is 29.8 Å². The zero-order valence-electron chi connectivity index (χ0n) is 15.6. The number of rotatable bonds is 8. The van der Waals surface area contributed by atoms with Crippen molar-refractivity contribution in [3.8, 4) is 0 Å². The number of aliphatic hydroxyl groups excluding tert-OH is 1. The summed E-state index contributed by atoms with van der Waals surface area (Å²) >= 11 is 20.2. The fourth-order valence-corrected chi connectivity index (χ4v) is 5.89. The number of carbonyl (C=O) groups excluding carboxylic acids is 1. The van der Waals surface area contributed by atoms with Gasteiger partial charge in [0.1, 0.15) is 0 Å². The highest BCUT2D eigenvalue weighted by atomic mass is 35.5. The van der Waals surface area contributed by atoms with E-state index in [1.807, 2.05) is 24.3 Å². The normalized spacial score (nSPS) is 24.5. The summed E-state index contributed by atoms with van der Waals surface area (Å²) in [6.45, 7) is 2.22. The van der Waals surface area contributed by atoms with Crippen molar-refractivity contribution in [2.75, 3.05) is 11.9 Å². The molecule has 0 saturated heterocycles. The Bertz CT molecular complexity index is 805. The number of thiophene rings is 1.